The summed E-state index contributed by atoms with van der Waals surface area (Å²) in [5.41, 5.74) is -1.36. The Hall–Kier alpha value is -2.12. The quantitative estimate of drug-likeness (QED) is 0.856. The van der Waals surface area contributed by atoms with E-state index in [2.05, 4.69) is 5.32 Å². The van der Waals surface area contributed by atoms with Gasteiger partial charge in [-0.1, -0.05) is 25.1 Å². The number of ether oxygens (including phenoxy) is 1. The smallest absolute Gasteiger partial charge is 0.408 e. The number of hydrogen-bond acceptors (Lipinski definition) is 6. The SMILES string of the molecule is C[C@H]1CN(OC(=O)c2ccccc2)C[C@@H](NC(=O)OC(C)(C)C)C1(C)O. The van der Waals surface area contributed by atoms with Crippen LogP contribution in [-0.4, -0.2) is 52.6 Å². The first-order valence-corrected chi connectivity index (χ1v) is 8.73. The van der Waals surface area contributed by atoms with Crippen LogP contribution in [0.3, 0.4) is 0 Å². The second-order valence-corrected chi connectivity index (χ2v) is 7.92. The third-order valence-corrected chi connectivity index (χ3v) is 4.48. The summed E-state index contributed by atoms with van der Waals surface area (Å²) in [6, 6.07) is 8.02. The molecule has 2 N–H and O–H groups in total. The van der Waals surface area contributed by atoms with Crippen molar-refractivity contribution >= 4 is 12.1 Å². The Morgan fingerprint density at radius 1 is 1.23 bits per heavy atom. The Balaban J connectivity index is 2.05. The van der Waals surface area contributed by atoms with E-state index >= 15 is 0 Å². The first kappa shape index (κ1) is 20.2. The maximum Gasteiger partial charge on any atom is 0.408 e. The number of carbonyl (C=O) groups excluding carboxylic acids is 2. The van der Waals surface area contributed by atoms with Gasteiger partial charge in [0, 0.05) is 12.5 Å². The summed E-state index contributed by atoms with van der Waals surface area (Å²) in [4.78, 5) is 29.8. The Bertz CT molecular complexity index is 639. The molecule has 1 fully saturated rings. The standard InChI is InChI=1S/C19H28N2O5/c1-13-11-21(26-16(22)14-9-7-6-8-10-14)12-15(19(13,5)24)20-17(23)25-18(2,3)4/h6-10,13,15,24H,11-12H2,1-5H3,(H,20,23)/t13-,15+,19?/m0/s1. The molecule has 0 radical (unpaired) electrons. The molecule has 1 aromatic rings. The lowest BCUT2D eigenvalue weighted by molar-refractivity contribution is -0.182. The predicted octanol–water partition coefficient (Wildman–Crippen LogP) is 2.35. The van der Waals surface area contributed by atoms with E-state index in [9.17, 15) is 14.7 Å². The largest absolute Gasteiger partial charge is 0.444 e. The van der Waals surface area contributed by atoms with Crippen molar-refractivity contribution in [3.63, 3.8) is 0 Å². The summed E-state index contributed by atoms with van der Waals surface area (Å²) in [6.45, 7) is 9.32. The molecule has 144 valence electrons. The van der Waals surface area contributed by atoms with Gasteiger partial charge < -0.3 is 20.0 Å². The maximum atomic E-state index is 12.3. The van der Waals surface area contributed by atoms with Crippen LogP contribution in [0.4, 0.5) is 4.79 Å². The van der Waals surface area contributed by atoms with E-state index in [0.29, 0.717) is 12.1 Å². The summed E-state index contributed by atoms with van der Waals surface area (Å²) >= 11 is 0. The van der Waals surface area contributed by atoms with Crippen LogP contribution < -0.4 is 5.32 Å². The second-order valence-electron chi connectivity index (χ2n) is 7.92. The highest BCUT2D eigenvalue weighted by molar-refractivity contribution is 5.89. The molecule has 7 heteroatoms. The minimum absolute atomic E-state index is 0.162. The Morgan fingerprint density at radius 2 is 1.85 bits per heavy atom. The number of rotatable bonds is 3. The highest BCUT2D eigenvalue weighted by atomic mass is 16.7. The highest BCUT2D eigenvalue weighted by Crippen LogP contribution is 2.28. The molecule has 0 saturated carbocycles. The lowest BCUT2D eigenvalue weighted by atomic mass is 9.80. The van der Waals surface area contributed by atoms with Crippen molar-refractivity contribution in [2.45, 2.75) is 51.9 Å². The van der Waals surface area contributed by atoms with Gasteiger partial charge in [0.05, 0.1) is 23.8 Å². The van der Waals surface area contributed by atoms with Crippen molar-refractivity contribution in [3.8, 4) is 0 Å². The molecule has 1 heterocycles. The molecule has 1 aliphatic heterocycles. The molecule has 0 aromatic heterocycles. The highest BCUT2D eigenvalue weighted by Gasteiger charge is 2.45. The van der Waals surface area contributed by atoms with Crippen molar-refractivity contribution < 1.29 is 24.3 Å². The third kappa shape index (κ3) is 5.19. The van der Waals surface area contributed by atoms with Crippen LogP contribution in [0.25, 0.3) is 0 Å². The summed E-state index contributed by atoms with van der Waals surface area (Å²) in [7, 11) is 0. The lowest BCUT2D eigenvalue weighted by Gasteiger charge is -2.45. The fourth-order valence-electron chi connectivity index (χ4n) is 2.76. The summed E-state index contributed by atoms with van der Waals surface area (Å²) in [5.74, 6) is -0.713. The summed E-state index contributed by atoms with van der Waals surface area (Å²) < 4.78 is 5.27. The van der Waals surface area contributed by atoms with Gasteiger partial charge in [-0.2, -0.15) is 0 Å². The van der Waals surface area contributed by atoms with Crippen LogP contribution in [0.5, 0.6) is 0 Å². The number of aliphatic hydroxyl groups is 1. The van der Waals surface area contributed by atoms with Crippen molar-refractivity contribution in [3.05, 3.63) is 35.9 Å². The molecule has 2 rings (SSSR count). The van der Waals surface area contributed by atoms with Gasteiger partial charge in [-0.05, 0) is 39.8 Å². The molecule has 1 aliphatic rings. The zero-order chi connectivity index (χ0) is 19.5. The van der Waals surface area contributed by atoms with Gasteiger partial charge in [0.1, 0.15) is 5.60 Å². The van der Waals surface area contributed by atoms with Crippen LogP contribution >= 0.6 is 0 Å². The lowest BCUT2D eigenvalue weighted by Crippen LogP contribution is -2.65. The molecular formula is C19H28N2O5. The first-order valence-electron chi connectivity index (χ1n) is 8.73. The van der Waals surface area contributed by atoms with E-state index in [0.717, 1.165) is 0 Å². The van der Waals surface area contributed by atoms with Gasteiger partial charge in [-0.15, -0.1) is 5.06 Å². The van der Waals surface area contributed by atoms with Gasteiger partial charge in [-0.3, -0.25) is 0 Å². The number of benzene rings is 1. The van der Waals surface area contributed by atoms with Crippen molar-refractivity contribution in [2.75, 3.05) is 13.1 Å². The van der Waals surface area contributed by atoms with Gasteiger partial charge >= 0.3 is 12.1 Å². The van der Waals surface area contributed by atoms with E-state index in [1.54, 1.807) is 52.0 Å². The normalized spacial score (nSPS) is 26.8. The van der Waals surface area contributed by atoms with E-state index in [1.807, 2.05) is 13.0 Å². The fraction of sp³-hybridized carbons (Fsp3) is 0.579. The Labute approximate surface area is 154 Å². The van der Waals surface area contributed by atoms with Crippen molar-refractivity contribution in [1.29, 1.82) is 0 Å². The number of piperidine rings is 1. The van der Waals surface area contributed by atoms with Gasteiger partial charge in [0.15, 0.2) is 0 Å². The topological polar surface area (TPSA) is 88.1 Å². The van der Waals surface area contributed by atoms with Gasteiger partial charge in [0.2, 0.25) is 0 Å². The number of hydrogen-bond donors (Lipinski definition) is 2. The molecule has 0 aliphatic carbocycles. The van der Waals surface area contributed by atoms with Gasteiger partial charge in [-0.25, -0.2) is 9.59 Å². The number of alkyl carbamates (subject to hydrolysis) is 1. The molecule has 1 saturated heterocycles. The molecule has 1 aromatic carbocycles. The molecule has 26 heavy (non-hydrogen) atoms. The van der Waals surface area contributed by atoms with E-state index < -0.39 is 29.3 Å². The minimum Gasteiger partial charge on any atom is -0.444 e. The zero-order valence-electron chi connectivity index (χ0n) is 16.0. The number of nitrogens with one attached hydrogen (secondary N) is 1. The van der Waals surface area contributed by atoms with E-state index in [-0.39, 0.29) is 12.5 Å². The number of nitrogens with zero attached hydrogens (tertiary/aromatic N) is 1. The third-order valence-electron chi connectivity index (χ3n) is 4.48. The predicted molar refractivity (Wildman–Crippen MR) is 96.4 cm³/mol. The fourth-order valence-corrected chi connectivity index (χ4v) is 2.76. The van der Waals surface area contributed by atoms with Crippen LogP contribution in [0.2, 0.25) is 0 Å². The monoisotopic (exact) mass is 364 g/mol. The average Bonchev–Trinajstić information content (AvgIpc) is 2.51. The molecule has 0 spiro atoms. The number of amides is 1. The second kappa shape index (κ2) is 7.63. The van der Waals surface area contributed by atoms with Crippen molar-refractivity contribution in [2.24, 2.45) is 5.92 Å². The molecule has 1 amide bonds. The molecular weight excluding hydrogens is 336 g/mol. The van der Waals surface area contributed by atoms with Crippen molar-refractivity contribution in [1.82, 2.24) is 10.4 Å². The Morgan fingerprint density at radius 3 is 2.42 bits per heavy atom. The summed E-state index contributed by atoms with van der Waals surface area (Å²) in [5, 5.41) is 14.9. The summed E-state index contributed by atoms with van der Waals surface area (Å²) in [6.07, 6.45) is -0.619. The maximum absolute atomic E-state index is 12.3. The molecule has 3 atom stereocenters. The number of carbonyl (C=O) groups is 2. The van der Waals surface area contributed by atoms with E-state index in [1.165, 1.54) is 5.06 Å². The van der Waals surface area contributed by atoms with Crippen LogP contribution in [0.15, 0.2) is 30.3 Å². The van der Waals surface area contributed by atoms with Gasteiger partial charge in [0.25, 0.3) is 0 Å². The van der Waals surface area contributed by atoms with Crippen LogP contribution in [-0.2, 0) is 9.57 Å². The first-order chi connectivity index (χ1) is 12.0. The Kier molecular flexibility index (Phi) is 5.93. The zero-order valence-corrected chi connectivity index (χ0v) is 16.0. The van der Waals surface area contributed by atoms with Crippen LogP contribution in [0.1, 0.15) is 45.0 Å². The molecule has 7 nitrogen and oxygen atoms in total. The number of hydroxylamine groups is 2. The molecule has 0 bridgehead atoms. The van der Waals surface area contributed by atoms with Crippen LogP contribution in [0, 0.1) is 5.92 Å². The molecule has 1 unspecified atom stereocenters. The minimum atomic E-state index is -1.16. The van der Waals surface area contributed by atoms with E-state index in [4.69, 9.17) is 9.57 Å². The average molecular weight is 364 g/mol.